The number of carbonyl (C=O) groups excluding carboxylic acids is 1. The number of carbonyl (C=O) groups is 1. The van der Waals surface area contributed by atoms with Gasteiger partial charge in [0.15, 0.2) is 5.82 Å². The molecule has 132 valence electrons. The zero-order valence-corrected chi connectivity index (χ0v) is 15.6. The molecule has 4 heteroatoms. The van der Waals surface area contributed by atoms with Crippen LogP contribution in [0, 0.1) is 0 Å². The summed E-state index contributed by atoms with van der Waals surface area (Å²) in [5.41, 5.74) is 3.68. The first-order valence-corrected chi connectivity index (χ1v) is 10.5. The van der Waals surface area contributed by atoms with E-state index in [0.29, 0.717) is 5.82 Å². The lowest BCUT2D eigenvalue weighted by molar-refractivity contribution is -0.116. The van der Waals surface area contributed by atoms with Crippen molar-refractivity contribution in [3.05, 3.63) is 109 Å². The second-order valence-corrected chi connectivity index (χ2v) is 9.25. The molecular formula is C23H19N2OP. The van der Waals surface area contributed by atoms with Gasteiger partial charge in [-0.1, -0.05) is 96.4 Å². The molecule has 0 atom stereocenters. The average molecular weight is 370 g/mol. The first kappa shape index (κ1) is 17.2. The standard InChI is InChI=1S/C23H19N2OP/c26-23-16-17-24-22(25-23)18-27(19-10-4-1-5-11-19,20-12-6-2-7-13-20)21-14-8-3-9-15-21/h1-17,24H,(H,25,26). The van der Waals surface area contributed by atoms with Crippen molar-refractivity contribution in [2.24, 2.45) is 0 Å². The van der Waals surface area contributed by atoms with Crippen molar-refractivity contribution >= 4 is 34.2 Å². The highest BCUT2D eigenvalue weighted by Gasteiger charge is 2.25. The van der Waals surface area contributed by atoms with E-state index in [4.69, 9.17) is 0 Å². The summed E-state index contributed by atoms with van der Waals surface area (Å²) in [5, 5.41) is 9.56. The molecule has 27 heavy (non-hydrogen) atoms. The maximum Gasteiger partial charge on any atom is 0.251 e. The molecule has 3 aromatic carbocycles. The average Bonchev–Trinajstić information content (AvgIpc) is 2.74. The fourth-order valence-corrected chi connectivity index (χ4v) is 6.82. The van der Waals surface area contributed by atoms with Gasteiger partial charge in [-0.15, -0.1) is 0 Å². The topological polar surface area (TPSA) is 41.1 Å². The maximum absolute atomic E-state index is 11.9. The summed E-state index contributed by atoms with van der Waals surface area (Å²) < 4.78 is 0. The molecule has 1 aliphatic rings. The third kappa shape index (κ3) is 3.39. The van der Waals surface area contributed by atoms with Crippen LogP contribution < -0.4 is 26.5 Å². The van der Waals surface area contributed by atoms with Gasteiger partial charge in [0.2, 0.25) is 0 Å². The molecule has 3 aromatic rings. The Labute approximate surface area is 159 Å². The van der Waals surface area contributed by atoms with Gasteiger partial charge in [0.05, 0.1) is 0 Å². The third-order valence-corrected chi connectivity index (χ3v) is 8.20. The Morgan fingerprint density at radius 3 is 1.52 bits per heavy atom. The molecule has 3 nitrogen and oxygen atoms in total. The van der Waals surface area contributed by atoms with Crippen molar-refractivity contribution < 1.29 is 4.79 Å². The van der Waals surface area contributed by atoms with E-state index in [1.54, 1.807) is 6.20 Å². The van der Waals surface area contributed by atoms with Crippen LogP contribution in [0.1, 0.15) is 0 Å². The Kier molecular flexibility index (Phi) is 4.80. The van der Waals surface area contributed by atoms with Gasteiger partial charge >= 0.3 is 0 Å². The molecule has 0 unspecified atom stereocenters. The Bertz CT molecular complexity index is 964. The van der Waals surface area contributed by atoms with Crippen LogP contribution in [-0.4, -0.2) is 11.4 Å². The smallest absolute Gasteiger partial charge is 0.251 e. The Morgan fingerprint density at radius 2 is 1.11 bits per heavy atom. The minimum Gasteiger partial charge on any atom is -0.341 e. The molecule has 0 saturated carbocycles. The summed E-state index contributed by atoms with van der Waals surface area (Å²) in [7, 11) is 0. The van der Waals surface area contributed by atoms with Gasteiger partial charge in [-0.25, -0.2) is 0 Å². The van der Waals surface area contributed by atoms with Crippen LogP contribution in [0.2, 0.25) is 0 Å². The van der Waals surface area contributed by atoms with E-state index >= 15 is 0 Å². The quantitative estimate of drug-likeness (QED) is 0.696. The van der Waals surface area contributed by atoms with Gasteiger partial charge < -0.3 is 10.6 Å². The van der Waals surface area contributed by atoms with Gasteiger partial charge in [0.25, 0.3) is 5.91 Å². The van der Waals surface area contributed by atoms with E-state index in [1.165, 1.54) is 22.0 Å². The number of rotatable bonds is 3. The molecule has 1 amide bonds. The highest BCUT2D eigenvalue weighted by Crippen LogP contribution is 2.42. The van der Waals surface area contributed by atoms with E-state index in [9.17, 15) is 4.79 Å². The SMILES string of the molecule is O=C1C=CNC(=C=P(c2ccccc2)(c2ccccc2)c2ccccc2)N1. The predicted octanol–water partition coefficient (Wildman–Crippen LogP) is 2.46. The summed E-state index contributed by atoms with van der Waals surface area (Å²) in [6.45, 7) is -2.25. The highest BCUT2D eigenvalue weighted by molar-refractivity contribution is 7.94. The lowest BCUT2D eigenvalue weighted by Gasteiger charge is -2.26. The van der Waals surface area contributed by atoms with Crippen LogP contribution in [0.25, 0.3) is 0 Å². The number of amides is 1. The summed E-state index contributed by atoms with van der Waals surface area (Å²) in [6.07, 6.45) is 3.12. The summed E-state index contributed by atoms with van der Waals surface area (Å²) in [4.78, 5) is 11.9. The molecule has 0 fully saturated rings. The van der Waals surface area contributed by atoms with Crippen LogP contribution in [0.15, 0.2) is 109 Å². The Hall–Kier alpha value is -3.25. The molecule has 0 aromatic heterocycles. The van der Waals surface area contributed by atoms with Gasteiger partial charge in [0, 0.05) is 19.2 Å². The van der Waals surface area contributed by atoms with Crippen LogP contribution in [-0.2, 0) is 4.79 Å². The van der Waals surface area contributed by atoms with E-state index < -0.39 is 6.89 Å². The first-order chi connectivity index (χ1) is 13.3. The van der Waals surface area contributed by atoms with Crippen molar-refractivity contribution in [3.63, 3.8) is 0 Å². The van der Waals surface area contributed by atoms with Crippen molar-refractivity contribution in [2.45, 2.75) is 0 Å². The molecule has 0 radical (unpaired) electrons. The van der Waals surface area contributed by atoms with Crippen molar-refractivity contribution in [3.8, 4) is 0 Å². The number of hydrogen-bond donors (Lipinski definition) is 2. The summed E-state index contributed by atoms with van der Waals surface area (Å²) in [6, 6.07) is 31.2. The van der Waals surface area contributed by atoms with Gasteiger partial charge in [-0.05, 0) is 15.9 Å². The van der Waals surface area contributed by atoms with E-state index in [1.807, 2.05) is 18.2 Å². The minimum atomic E-state index is -2.25. The second kappa shape index (κ2) is 7.55. The van der Waals surface area contributed by atoms with Crippen LogP contribution in [0.5, 0.6) is 0 Å². The lowest BCUT2D eigenvalue weighted by Crippen LogP contribution is -2.34. The molecule has 0 bridgehead atoms. The monoisotopic (exact) mass is 370 g/mol. The molecule has 0 spiro atoms. The molecule has 0 aliphatic carbocycles. The number of nitrogens with one attached hydrogen (secondary N) is 2. The molecule has 1 heterocycles. The van der Waals surface area contributed by atoms with Crippen molar-refractivity contribution in [1.82, 2.24) is 10.6 Å². The number of hydrogen-bond acceptors (Lipinski definition) is 2. The van der Waals surface area contributed by atoms with E-state index in [2.05, 4.69) is 88.9 Å². The molecule has 4 rings (SSSR count). The maximum atomic E-state index is 11.9. The minimum absolute atomic E-state index is 0.150. The molecule has 2 N–H and O–H groups in total. The van der Waals surface area contributed by atoms with Crippen LogP contribution in [0.3, 0.4) is 0 Å². The van der Waals surface area contributed by atoms with Crippen molar-refractivity contribution in [1.29, 1.82) is 0 Å². The van der Waals surface area contributed by atoms with Crippen molar-refractivity contribution in [2.75, 3.05) is 0 Å². The van der Waals surface area contributed by atoms with Crippen LogP contribution in [0.4, 0.5) is 0 Å². The fourth-order valence-electron chi connectivity index (χ4n) is 3.23. The van der Waals surface area contributed by atoms with Crippen LogP contribution >= 0.6 is 6.89 Å². The largest absolute Gasteiger partial charge is 0.341 e. The van der Waals surface area contributed by atoms with Gasteiger partial charge in [0.1, 0.15) is 0 Å². The fraction of sp³-hybridized carbons (Fsp3) is 0. The lowest BCUT2D eigenvalue weighted by atomic mass is 10.4. The molecular weight excluding hydrogens is 351 g/mol. The zero-order chi connectivity index (χ0) is 18.5. The van der Waals surface area contributed by atoms with E-state index in [-0.39, 0.29) is 5.91 Å². The normalized spacial score (nSPS) is 13.5. The predicted molar refractivity (Wildman–Crippen MR) is 114 cm³/mol. The Morgan fingerprint density at radius 1 is 0.667 bits per heavy atom. The zero-order valence-electron chi connectivity index (χ0n) is 14.7. The summed E-state index contributed by atoms with van der Waals surface area (Å²) in [5.74, 6) is 0.441. The van der Waals surface area contributed by atoms with E-state index in [0.717, 1.165) is 0 Å². The third-order valence-electron chi connectivity index (χ3n) is 4.42. The van der Waals surface area contributed by atoms with Gasteiger partial charge in [-0.2, -0.15) is 0 Å². The summed E-state index contributed by atoms with van der Waals surface area (Å²) >= 11 is 0. The molecule has 1 aliphatic heterocycles. The molecule has 0 saturated heterocycles. The first-order valence-electron chi connectivity index (χ1n) is 8.74. The Balaban J connectivity index is 2.16. The highest BCUT2D eigenvalue weighted by atomic mass is 31.2. The number of benzene rings is 3. The van der Waals surface area contributed by atoms with Gasteiger partial charge in [-0.3, -0.25) is 4.79 Å². The second-order valence-electron chi connectivity index (χ2n) is 6.13.